The number of carbonyl (C=O) groups excluding carboxylic acids is 3. The molecule has 0 aromatic rings. The van der Waals surface area contributed by atoms with Gasteiger partial charge in [-0.15, -0.1) is 0 Å². The van der Waals surface area contributed by atoms with Crippen molar-refractivity contribution < 1.29 is 23.9 Å². The maximum absolute atomic E-state index is 11.8. The molecule has 0 heterocycles. The molecule has 20 heavy (non-hydrogen) atoms. The Morgan fingerprint density at radius 1 is 1.20 bits per heavy atom. The maximum Gasteiger partial charge on any atom is 0.328 e. The van der Waals surface area contributed by atoms with Crippen LogP contribution < -0.4 is 5.32 Å². The van der Waals surface area contributed by atoms with Gasteiger partial charge in [0, 0.05) is 6.42 Å². The van der Waals surface area contributed by atoms with E-state index < -0.39 is 27.0 Å². The van der Waals surface area contributed by atoms with Gasteiger partial charge in [0.15, 0.2) is 0 Å². The van der Waals surface area contributed by atoms with E-state index >= 15 is 0 Å². The number of alkyl halides is 2. The fourth-order valence-corrected chi connectivity index (χ4v) is 1.50. The minimum Gasteiger partial charge on any atom is -0.466 e. The molecule has 0 bridgehead atoms. The zero-order valence-electron chi connectivity index (χ0n) is 11.7. The minimum atomic E-state index is -0.991. The van der Waals surface area contributed by atoms with E-state index in [1.165, 1.54) is 0 Å². The second-order valence-electron chi connectivity index (χ2n) is 4.01. The molecule has 6 nitrogen and oxygen atoms in total. The third kappa shape index (κ3) is 7.89. The Morgan fingerprint density at radius 3 is 2.20 bits per heavy atom. The van der Waals surface area contributed by atoms with Crippen LogP contribution in [-0.2, 0) is 23.9 Å². The summed E-state index contributed by atoms with van der Waals surface area (Å²) >= 11 is 6.25. The van der Waals surface area contributed by atoms with Crippen LogP contribution in [0.4, 0.5) is 0 Å². The second kappa shape index (κ2) is 9.39. The number of amides is 1. The van der Waals surface area contributed by atoms with E-state index in [9.17, 15) is 14.4 Å². The lowest BCUT2D eigenvalue weighted by molar-refractivity contribution is -0.148. The summed E-state index contributed by atoms with van der Waals surface area (Å²) in [7, 11) is 1.58. The number of carbonyl (C=O) groups is 3. The van der Waals surface area contributed by atoms with E-state index in [2.05, 4.69) is 37.2 Å². The van der Waals surface area contributed by atoms with Crippen LogP contribution in [0.15, 0.2) is 0 Å². The van der Waals surface area contributed by atoms with Crippen molar-refractivity contribution in [3.8, 4) is 0 Å². The quantitative estimate of drug-likeness (QED) is 0.354. The van der Waals surface area contributed by atoms with Crippen LogP contribution in [0.1, 0.15) is 26.7 Å². The summed E-state index contributed by atoms with van der Waals surface area (Å²) in [5.41, 5.74) is 0. The number of halogens is 2. The summed E-state index contributed by atoms with van der Waals surface area (Å²) in [6.07, 6.45) is 0.151. The molecule has 1 N–H and O–H groups in total. The lowest BCUT2D eigenvalue weighted by atomic mass is 10.0. The van der Waals surface area contributed by atoms with Crippen molar-refractivity contribution >= 4 is 57.6 Å². The number of rotatable bonds is 8. The highest BCUT2D eigenvalue weighted by molar-refractivity contribution is 9.26. The van der Waals surface area contributed by atoms with E-state index in [0.29, 0.717) is 0 Å². The monoisotopic (exact) mass is 413 g/mol. The van der Waals surface area contributed by atoms with Crippen molar-refractivity contribution in [1.82, 2.24) is 5.32 Å². The summed E-state index contributed by atoms with van der Waals surface area (Å²) in [6, 6.07) is -0.888. The molecule has 114 valence electrons. The van der Waals surface area contributed by atoms with E-state index in [4.69, 9.17) is 9.47 Å². The molecule has 0 fully saturated rings. The van der Waals surface area contributed by atoms with Crippen LogP contribution in [0.25, 0.3) is 0 Å². The smallest absolute Gasteiger partial charge is 0.328 e. The SMILES string of the molecule is BC(Br)(Br)C(=O)NC(CCC(=O)OCC)C(=O)OCC. The van der Waals surface area contributed by atoms with Crippen molar-refractivity contribution in [2.24, 2.45) is 0 Å². The van der Waals surface area contributed by atoms with Crippen LogP contribution in [-0.4, -0.2) is 48.1 Å². The first-order valence-electron chi connectivity index (χ1n) is 6.23. The summed E-state index contributed by atoms with van der Waals surface area (Å²) in [6.45, 7) is 3.84. The van der Waals surface area contributed by atoms with Crippen LogP contribution in [0.3, 0.4) is 0 Å². The van der Waals surface area contributed by atoms with Gasteiger partial charge in [-0.25, -0.2) is 4.79 Å². The normalized spacial score (nSPS) is 12.4. The average Bonchev–Trinajstić information content (AvgIpc) is 2.33. The molecule has 1 amide bonds. The third-order valence-electron chi connectivity index (χ3n) is 2.22. The molecule has 0 aromatic carbocycles. The van der Waals surface area contributed by atoms with Gasteiger partial charge in [0.1, 0.15) is 17.0 Å². The molecule has 0 rings (SSSR count). The first-order chi connectivity index (χ1) is 9.22. The van der Waals surface area contributed by atoms with E-state index in [0.717, 1.165) is 0 Å². The zero-order valence-corrected chi connectivity index (χ0v) is 14.9. The molecule has 0 aliphatic rings. The Morgan fingerprint density at radius 2 is 1.75 bits per heavy atom. The van der Waals surface area contributed by atoms with Crippen LogP contribution in [0.2, 0.25) is 0 Å². The Hall–Kier alpha value is -0.565. The summed E-state index contributed by atoms with van der Waals surface area (Å²) < 4.78 is 8.66. The van der Waals surface area contributed by atoms with Gasteiger partial charge in [0.25, 0.3) is 0 Å². The molecule has 0 spiro atoms. The van der Waals surface area contributed by atoms with Crippen LogP contribution >= 0.6 is 31.9 Å². The first-order valence-corrected chi connectivity index (χ1v) is 7.82. The van der Waals surface area contributed by atoms with Gasteiger partial charge in [0.05, 0.1) is 13.2 Å². The van der Waals surface area contributed by atoms with Gasteiger partial charge in [-0.1, -0.05) is 31.9 Å². The number of hydrogen-bond donors (Lipinski definition) is 1. The number of hydrogen-bond acceptors (Lipinski definition) is 5. The molecule has 0 saturated carbocycles. The second-order valence-corrected chi connectivity index (χ2v) is 8.25. The minimum absolute atomic E-state index is 0.0267. The van der Waals surface area contributed by atoms with Crippen molar-refractivity contribution in [3.05, 3.63) is 0 Å². The molecule has 9 heteroatoms. The van der Waals surface area contributed by atoms with E-state index in [-0.39, 0.29) is 26.1 Å². The van der Waals surface area contributed by atoms with Crippen molar-refractivity contribution in [2.75, 3.05) is 13.2 Å². The molecule has 1 unspecified atom stereocenters. The maximum atomic E-state index is 11.8. The molecular formula is C11H18BBr2NO5. The fraction of sp³-hybridized carbons (Fsp3) is 0.727. The zero-order chi connectivity index (χ0) is 15.8. The Kier molecular flexibility index (Phi) is 9.12. The average molecular weight is 415 g/mol. The standard InChI is InChI=1S/C11H18BBr2NO5/c1-3-19-8(16)6-5-7(9(17)20-4-2)15-10(18)11(12,13)14/h7H,3-6,12H2,1-2H3,(H,15,18). The van der Waals surface area contributed by atoms with Crippen LogP contribution in [0, 0.1) is 0 Å². The van der Waals surface area contributed by atoms with Crippen molar-refractivity contribution in [2.45, 2.75) is 35.9 Å². The molecule has 0 radical (unpaired) electrons. The lowest BCUT2D eigenvalue weighted by Crippen LogP contribution is -2.48. The highest BCUT2D eigenvalue weighted by atomic mass is 79.9. The molecule has 1 atom stereocenters. The van der Waals surface area contributed by atoms with Crippen molar-refractivity contribution in [3.63, 3.8) is 0 Å². The number of nitrogens with one attached hydrogen (secondary N) is 1. The van der Waals surface area contributed by atoms with Gasteiger partial charge < -0.3 is 14.8 Å². The molecule has 0 aromatic heterocycles. The third-order valence-corrected chi connectivity index (χ3v) is 2.94. The first kappa shape index (κ1) is 19.4. The molecular weight excluding hydrogens is 397 g/mol. The summed E-state index contributed by atoms with van der Waals surface area (Å²) in [4.78, 5) is 34.9. The van der Waals surface area contributed by atoms with Gasteiger partial charge in [0.2, 0.25) is 5.91 Å². The number of ether oxygens (including phenoxy) is 2. The topological polar surface area (TPSA) is 81.7 Å². The predicted molar refractivity (Wildman–Crippen MR) is 83.6 cm³/mol. The highest BCUT2D eigenvalue weighted by Crippen LogP contribution is 2.22. The van der Waals surface area contributed by atoms with Gasteiger partial charge in [-0.05, 0) is 20.3 Å². The summed E-state index contributed by atoms with van der Waals surface area (Å²) in [5, 5.41) is 2.52. The van der Waals surface area contributed by atoms with Crippen molar-refractivity contribution in [1.29, 1.82) is 0 Å². The largest absolute Gasteiger partial charge is 0.466 e. The molecule has 0 aliphatic carbocycles. The van der Waals surface area contributed by atoms with E-state index in [1.54, 1.807) is 21.7 Å². The van der Waals surface area contributed by atoms with Gasteiger partial charge in [-0.3, -0.25) is 9.59 Å². The Bertz CT molecular complexity index is 359. The Labute approximate surface area is 136 Å². The highest BCUT2D eigenvalue weighted by Gasteiger charge is 2.31. The summed E-state index contributed by atoms with van der Waals surface area (Å²) in [5.74, 6) is -1.43. The van der Waals surface area contributed by atoms with Gasteiger partial charge in [-0.2, -0.15) is 0 Å². The number of esters is 2. The Balaban J connectivity index is 4.61. The molecule has 0 aliphatic heterocycles. The lowest BCUT2D eigenvalue weighted by Gasteiger charge is -2.21. The predicted octanol–water partition coefficient (Wildman–Crippen LogP) is 0.454. The fourth-order valence-electron chi connectivity index (χ4n) is 1.27. The van der Waals surface area contributed by atoms with Gasteiger partial charge >= 0.3 is 11.9 Å². The molecule has 0 saturated heterocycles. The van der Waals surface area contributed by atoms with E-state index in [1.807, 2.05) is 0 Å². The van der Waals surface area contributed by atoms with Crippen LogP contribution in [0.5, 0.6) is 0 Å².